The van der Waals surface area contributed by atoms with Crippen LogP contribution in [0.4, 0.5) is 5.82 Å². The van der Waals surface area contributed by atoms with E-state index in [4.69, 9.17) is 18.5 Å². The third-order valence-corrected chi connectivity index (χ3v) is 3.12. The quantitative estimate of drug-likeness (QED) is 0.781. The highest BCUT2D eigenvalue weighted by atomic mass is 16.7. The van der Waals surface area contributed by atoms with Crippen molar-refractivity contribution in [1.82, 2.24) is 15.3 Å². The van der Waals surface area contributed by atoms with Crippen molar-refractivity contribution in [2.75, 3.05) is 12.1 Å². The Balaban J connectivity index is 1.55. The summed E-state index contributed by atoms with van der Waals surface area (Å²) < 4.78 is 20.4. The molecule has 3 aromatic rings. The molecule has 3 heterocycles. The van der Waals surface area contributed by atoms with Gasteiger partial charge in [-0.2, -0.15) is 4.98 Å². The summed E-state index contributed by atoms with van der Waals surface area (Å²) in [5.41, 5.74) is 0.648. The first-order valence-corrected chi connectivity index (χ1v) is 6.67. The first kappa shape index (κ1) is 13.3. The number of carbonyl (C=O) groups is 1. The SMILES string of the molecule is Cc1cc(NC(=O)c2nc(-c3ccc4c(c3)OCO4)no2)no1. The summed E-state index contributed by atoms with van der Waals surface area (Å²) in [5.74, 6) is 1.61. The highest BCUT2D eigenvalue weighted by Crippen LogP contribution is 2.35. The number of aryl methyl sites for hydroxylation is 1. The zero-order valence-electron chi connectivity index (χ0n) is 11.9. The average Bonchev–Trinajstić information content (AvgIpc) is 3.26. The molecule has 2 aromatic heterocycles. The predicted octanol–water partition coefficient (Wildman–Crippen LogP) is 2.01. The number of nitrogens with zero attached hydrogens (tertiary/aromatic N) is 3. The van der Waals surface area contributed by atoms with E-state index in [1.165, 1.54) is 0 Å². The van der Waals surface area contributed by atoms with Crippen molar-refractivity contribution in [3.05, 3.63) is 35.9 Å². The largest absolute Gasteiger partial charge is 0.454 e. The van der Waals surface area contributed by atoms with E-state index in [9.17, 15) is 4.79 Å². The van der Waals surface area contributed by atoms with Crippen molar-refractivity contribution >= 4 is 11.7 Å². The van der Waals surface area contributed by atoms with Gasteiger partial charge in [-0.05, 0) is 25.1 Å². The summed E-state index contributed by atoms with van der Waals surface area (Å²) in [5, 5.41) is 9.95. The molecule has 9 heteroatoms. The topological polar surface area (TPSA) is 113 Å². The Morgan fingerprint density at radius 3 is 2.83 bits per heavy atom. The first-order chi connectivity index (χ1) is 11.2. The number of amides is 1. The number of fused-ring (bicyclic) bond motifs is 1. The minimum absolute atomic E-state index is 0.176. The molecule has 0 radical (unpaired) electrons. The van der Waals surface area contributed by atoms with E-state index in [-0.39, 0.29) is 24.3 Å². The molecule has 1 amide bonds. The van der Waals surface area contributed by atoms with Crippen LogP contribution in [0.2, 0.25) is 0 Å². The molecule has 9 nitrogen and oxygen atoms in total. The van der Waals surface area contributed by atoms with Crippen molar-refractivity contribution in [1.29, 1.82) is 0 Å². The lowest BCUT2D eigenvalue weighted by Gasteiger charge is -1.97. The van der Waals surface area contributed by atoms with Crippen LogP contribution in [0.5, 0.6) is 11.5 Å². The van der Waals surface area contributed by atoms with Crippen molar-refractivity contribution < 1.29 is 23.3 Å². The van der Waals surface area contributed by atoms with Crippen LogP contribution in [0.3, 0.4) is 0 Å². The van der Waals surface area contributed by atoms with Crippen LogP contribution in [0.25, 0.3) is 11.4 Å². The Morgan fingerprint density at radius 1 is 1.13 bits per heavy atom. The number of aromatic nitrogens is 3. The standard InChI is InChI=1S/C14H10N4O5/c1-7-4-11(17-22-7)15-13(19)14-16-12(18-23-14)8-2-3-9-10(5-8)21-6-20-9/h2-5H,6H2,1H3,(H,15,17,19). The Labute approximate surface area is 129 Å². The van der Waals surface area contributed by atoms with Gasteiger partial charge in [0.05, 0.1) is 0 Å². The van der Waals surface area contributed by atoms with Crippen LogP contribution in [0.15, 0.2) is 33.3 Å². The van der Waals surface area contributed by atoms with Gasteiger partial charge in [0.1, 0.15) is 5.76 Å². The molecule has 116 valence electrons. The number of carbonyl (C=O) groups excluding carboxylic acids is 1. The molecule has 1 aromatic carbocycles. The zero-order valence-corrected chi connectivity index (χ0v) is 11.9. The smallest absolute Gasteiger partial charge is 0.316 e. The summed E-state index contributed by atoms with van der Waals surface area (Å²) in [6, 6.07) is 6.79. The van der Waals surface area contributed by atoms with Gasteiger partial charge in [0, 0.05) is 11.6 Å². The average molecular weight is 314 g/mol. The van der Waals surface area contributed by atoms with Crippen molar-refractivity contribution in [2.24, 2.45) is 0 Å². The molecule has 0 unspecified atom stereocenters. The predicted molar refractivity (Wildman–Crippen MR) is 75.1 cm³/mol. The fourth-order valence-electron chi connectivity index (χ4n) is 2.06. The number of benzene rings is 1. The van der Waals surface area contributed by atoms with Crippen LogP contribution in [0, 0.1) is 6.92 Å². The molecule has 1 aliphatic heterocycles. The molecule has 23 heavy (non-hydrogen) atoms. The molecule has 0 atom stereocenters. The molecule has 0 aliphatic carbocycles. The van der Waals surface area contributed by atoms with Gasteiger partial charge in [0.2, 0.25) is 12.6 Å². The summed E-state index contributed by atoms with van der Waals surface area (Å²) in [6.45, 7) is 1.89. The maximum atomic E-state index is 12.0. The van der Waals surface area contributed by atoms with E-state index >= 15 is 0 Å². The van der Waals surface area contributed by atoms with Crippen LogP contribution < -0.4 is 14.8 Å². The maximum absolute atomic E-state index is 12.0. The minimum atomic E-state index is -0.571. The molecule has 0 fully saturated rings. The minimum Gasteiger partial charge on any atom is -0.454 e. The molecule has 1 N–H and O–H groups in total. The fraction of sp³-hybridized carbons (Fsp3) is 0.143. The second-order valence-electron chi connectivity index (χ2n) is 4.77. The summed E-state index contributed by atoms with van der Waals surface area (Å²) in [7, 11) is 0. The lowest BCUT2D eigenvalue weighted by Crippen LogP contribution is -2.12. The Bertz CT molecular complexity index is 885. The third kappa shape index (κ3) is 2.48. The van der Waals surface area contributed by atoms with Gasteiger partial charge in [-0.3, -0.25) is 10.1 Å². The van der Waals surface area contributed by atoms with Crippen LogP contribution >= 0.6 is 0 Å². The Morgan fingerprint density at radius 2 is 2.00 bits per heavy atom. The van der Waals surface area contributed by atoms with E-state index < -0.39 is 5.91 Å². The van der Waals surface area contributed by atoms with E-state index in [1.807, 2.05) is 0 Å². The number of hydrogen-bond acceptors (Lipinski definition) is 8. The van der Waals surface area contributed by atoms with Gasteiger partial charge >= 0.3 is 11.8 Å². The van der Waals surface area contributed by atoms with E-state index in [0.717, 1.165) is 0 Å². The summed E-state index contributed by atoms with van der Waals surface area (Å²) in [6.07, 6.45) is 0. The molecule has 0 bridgehead atoms. The number of ether oxygens (including phenoxy) is 2. The van der Waals surface area contributed by atoms with Gasteiger partial charge in [-0.15, -0.1) is 0 Å². The second kappa shape index (κ2) is 5.13. The molecule has 1 aliphatic rings. The highest BCUT2D eigenvalue weighted by molar-refractivity contribution is 6.00. The van der Waals surface area contributed by atoms with Crippen LogP contribution in [-0.2, 0) is 0 Å². The van der Waals surface area contributed by atoms with Gasteiger partial charge in [0.15, 0.2) is 17.3 Å². The maximum Gasteiger partial charge on any atom is 0.316 e. The normalized spacial score (nSPS) is 12.4. The molecular weight excluding hydrogens is 304 g/mol. The Hall–Kier alpha value is -3.36. The van der Waals surface area contributed by atoms with Crippen LogP contribution in [-0.4, -0.2) is 28.0 Å². The molecule has 0 saturated heterocycles. The van der Waals surface area contributed by atoms with Gasteiger partial charge in [0.25, 0.3) is 0 Å². The Kier molecular flexibility index (Phi) is 2.97. The monoisotopic (exact) mass is 314 g/mol. The number of rotatable bonds is 3. The number of anilines is 1. The van der Waals surface area contributed by atoms with Gasteiger partial charge in [-0.25, -0.2) is 0 Å². The van der Waals surface area contributed by atoms with E-state index in [2.05, 4.69) is 20.6 Å². The molecule has 4 rings (SSSR count). The van der Waals surface area contributed by atoms with Crippen molar-refractivity contribution in [3.8, 4) is 22.9 Å². The summed E-state index contributed by atoms with van der Waals surface area (Å²) in [4.78, 5) is 16.1. The molecular formula is C14H10N4O5. The van der Waals surface area contributed by atoms with Gasteiger partial charge in [-0.1, -0.05) is 10.3 Å². The van der Waals surface area contributed by atoms with Gasteiger partial charge < -0.3 is 18.5 Å². The summed E-state index contributed by atoms with van der Waals surface area (Å²) >= 11 is 0. The third-order valence-electron chi connectivity index (χ3n) is 3.12. The van der Waals surface area contributed by atoms with E-state index in [1.54, 1.807) is 31.2 Å². The van der Waals surface area contributed by atoms with E-state index in [0.29, 0.717) is 22.8 Å². The molecule has 0 spiro atoms. The lowest BCUT2D eigenvalue weighted by molar-refractivity contribution is 0.0980. The number of nitrogens with one attached hydrogen (secondary N) is 1. The number of hydrogen-bond donors (Lipinski definition) is 1. The van der Waals surface area contributed by atoms with Crippen molar-refractivity contribution in [2.45, 2.75) is 6.92 Å². The zero-order chi connectivity index (χ0) is 15.8. The fourth-order valence-corrected chi connectivity index (χ4v) is 2.06. The lowest BCUT2D eigenvalue weighted by atomic mass is 10.2. The molecule has 0 saturated carbocycles. The second-order valence-corrected chi connectivity index (χ2v) is 4.77. The highest BCUT2D eigenvalue weighted by Gasteiger charge is 2.20. The van der Waals surface area contributed by atoms with Crippen molar-refractivity contribution in [3.63, 3.8) is 0 Å². The first-order valence-electron chi connectivity index (χ1n) is 6.67. The van der Waals surface area contributed by atoms with Crippen LogP contribution in [0.1, 0.15) is 16.4 Å².